The Morgan fingerprint density at radius 2 is 1.43 bits per heavy atom. The Labute approximate surface area is 130 Å². The Hall–Kier alpha value is -2.69. The molecule has 0 bridgehead atoms. The summed E-state index contributed by atoms with van der Waals surface area (Å²) in [5, 5.41) is 30.3. The highest BCUT2D eigenvalue weighted by molar-refractivity contribution is 5.93. The molecule has 0 aliphatic rings. The molecule has 0 rings (SSSR count). The average Bonchev–Trinajstić information content (AvgIpc) is 2.40. The van der Waals surface area contributed by atoms with E-state index in [0.717, 1.165) is 0 Å². The van der Waals surface area contributed by atoms with Gasteiger partial charge in [-0.05, 0) is 13.3 Å². The third-order valence-corrected chi connectivity index (χ3v) is 2.69. The molecule has 0 aromatic heterocycles. The predicted octanol–water partition coefficient (Wildman–Crippen LogP) is -2.27. The van der Waals surface area contributed by atoms with Crippen LogP contribution in [0.5, 0.6) is 0 Å². The summed E-state index contributed by atoms with van der Waals surface area (Å²) in [6.45, 7) is 1.32. The Morgan fingerprint density at radius 1 is 0.913 bits per heavy atom. The quantitative estimate of drug-likeness (QED) is 0.255. The molecule has 0 saturated heterocycles. The largest absolute Gasteiger partial charge is 0.481 e. The number of nitrogens with one attached hydrogen (secondary N) is 2. The van der Waals surface area contributed by atoms with Gasteiger partial charge in [0.2, 0.25) is 11.8 Å². The highest BCUT2D eigenvalue weighted by atomic mass is 16.4. The van der Waals surface area contributed by atoms with Crippen molar-refractivity contribution in [2.24, 2.45) is 5.73 Å². The number of carboxylic acids is 3. The van der Waals surface area contributed by atoms with Crippen molar-refractivity contribution >= 4 is 29.7 Å². The minimum absolute atomic E-state index is 0.391. The second-order valence-electron chi connectivity index (χ2n) is 4.78. The van der Waals surface area contributed by atoms with E-state index in [0.29, 0.717) is 0 Å². The van der Waals surface area contributed by atoms with Gasteiger partial charge in [-0.15, -0.1) is 0 Å². The summed E-state index contributed by atoms with van der Waals surface area (Å²) in [5.41, 5.74) is 5.30. The van der Waals surface area contributed by atoms with Gasteiger partial charge in [0, 0.05) is 6.42 Å². The molecule has 0 spiro atoms. The van der Waals surface area contributed by atoms with Crippen LogP contribution in [0.3, 0.4) is 0 Å². The molecule has 3 atom stereocenters. The van der Waals surface area contributed by atoms with Gasteiger partial charge in [0.25, 0.3) is 0 Å². The first kappa shape index (κ1) is 20.3. The zero-order chi connectivity index (χ0) is 18.2. The van der Waals surface area contributed by atoms with Crippen molar-refractivity contribution in [3.63, 3.8) is 0 Å². The molecule has 11 heteroatoms. The van der Waals surface area contributed by atoms with Crippen molar-refractivity contribution in [1.82, 2.24) is 10.6 Å². The van der Waals surface area contributed by atoms with E-state index in [4.69, 9.17) is 21.1 Å². The van der Waals surface area contributed by atoms with Gasteiger partial charge in [-0.2, -0.15) is 0 Å². The first-order valence-corrected chi connectivity index (χ1v) is 6.57. The van der Waals surface area contributed by atoms with Crippen LogP contribution in [0.1, 0.15) is 26.2 Å². The summed E-state index contributed by atoms with van der Waals surface area (Å²) in [7, 11) is 0. The number of nitrogens with two attached hydrogens (primary N) is 1. The normalized spacial score (nSPS) is 14.2. The van der Waals surface area contributed by atoms with Gasteiger partial charge in [-0.1, -0.05) is 0 Å². The third-order valence-electron chi connectivity index (χ3n) is 2.69. The summed E-state index contributed by atoms with van der Waals surface area (Å²) in [5.74, 6) is -5.97. The van der Waals surface area contributed by atoms with Gasteiger partial charge in [0.05, 0.1) is 12.5 Å². The maximum atomic E-state index is 12.0. The van der Waals surface area contributed by atoms with Crippen molar-refractivity contribution in [3.05, 3.63) is 0 Å². The van der Waals surface area contributed by atoms with Gasteiger partial charge >= 0.3 is 17.9 Å². The van der Waals surface area contributed by atoms with Gasteiger partial charge in [-0.25, -0.2) is 4.79 Å². The molecule has 0 radical (unpaired) electrons. The van der Waals surface area contributed by atoms with E-state index in [1.165, 1.54) is 6.92 Å². The number of hydrogen-bond donors (Lipinski definition) is 6. The van der Waals surface area contributed by atoms with Crippen molar-refractivity contribution in [3.8, 4) is 0 Å². The molecular weight excluding hydrogens is 314 g/mol. The standard InChI is InChI=1S/C12H19N3O8/c1-5(13)10(20)15-7(4-9(18)19)11(21)14-6(12(22)23)2-3-8(16)17/h5-7H,2-4,13H2,1H3,(H,14,21)(H,15,20)(H,16,17)(H,18,19)(H,22,23). The second kappa shape index (κ2) is 9.35. The van der Waals surface area contributed by atoms with E-state index in [-0.39, 0.29) is 0 Å². The number of aliphatic carboxylic acids is 3. The van der Waals surface area contributed by atoms with E-state index in [1.54, 1.807) is 0 Å². The Morgan fingerprint density at radius 3 is 1.83 bits per heavy atom. The van der Waals surface area contributed by atoms with Crippen molar-refractivity contribution in [1.29, 1.82) is 0 Å². The van der Waals surface area contributed by atoms with E-state index in [2.05, 4.69) is 5.32 Å². The Bertz CT molecular complexity index is 491. The zero-order valence-corrected chi connectivity index (χ0v) is 12.3. The lowest BCUT2D eigenvalue weighted by Gasteiger charge is -2.20. The highest BCUT2D eigenvalue weighted by Gasteiger charge is 2.29. The molecule has 7 N–H and O–H groups in total. The van der Waals surface area contributed by atoms with Crippen LogP contribution < -0.4 is 16.4 Å². The summed E-state index contributed by atoms with van der Waals surface area (Å²) in [6.07, 6.45) is -1.68. The Balaban J connectivity index is 4.96. The van der Waals surface area contributed by atoms with Crippen LogP contribution in [0, 0.1) is 0 Å². The fourth-order valence-electron chi connectivity index (χ4n) is 1.48. The van der Waals surface area contributed by atoms with E-state index >= 15 is 0 Å². The van der Waals surface area contributed by atoms with Gasteiger partial charge in [0.15, 0.2) is 0 Å². The predicted molar refractivity (Wildman–Crippen MR) is 74.3 cm³/mol. The molecule has 0 saturated carbocycles. The molecule has 23 heavy (non-hydrogen) atoms. The van der Waals surface area contributed by atoms with Gasteiger partial charge in [0.1, 0.15) is 12.1 Å². The maximum Gasteiger partial charge on any atom is 0.326 e. The van der Waals surface area contributed by atoms with Crippen LogP contribution in [-0.2, 0) is 24.0 Å². The first-order chi connectivity index (χ1) is 10.5. The molecular formula is C12H19N3O8. The van der Waals surface area contributed by atoms with E-state index < -0.39 is 67.1 Å². The number of amides is 2. The van der Waals surface area contributed by atoms with Crippen LogP contribution >= 0.6 is 0 Å². The molecule has 0 aromatic rings. The smallest absolute Gasteiger partial charge is 0.326 e. The monoisotopic (exact) mass is 333 g/mol. The van der Waals surface area contributed by atoms with Crippen LogP contribution in [0.25, 0.3) is 0 Å². The van der Waals surface area contributed by atoms with E-state index in [9.17, 15) is 24.0 Å². The number of hydrogen-bond acceptors (Lipinski definition) is 6. The topological polar surface area (TPSA) is 196 Å². The molecule has 0 heterocycles. The van der Waals surface area contributed by atoms with Crippen molar-refractivity contribution in [2.75, 3.05) is 0 Å². The first-order valence-electron chi connectivity index (χ1n) is 6.57. The van der Waals surface area contributed by atoms with Crippen LogP contribution in [0.2, 0.25) is 0 Å². The SMILES string of the molecule is CC(N)C(=O)NC(CC(=O)O)C(=O)NC(CCC(=O)O)C(=O)O. The lowest BCUT2D eigenvalue weighted by molar-refractivity contribution is -0.144. The lowest BCUT2D eigenvalue weighted by Crippen LogP contribution is -2.54. The van der Waals surface area contributed by atoms with Crippen LogP contribution in [0.4, 0.5) is 0 Å². The summed E-state index contributed by atoms with van der Waals surface area (Å²) in [4.78, 5) is 55.6. The molecule has 0 aliphatic heterocycles. The lowest BCUT2D eigenvalue weighted by atomic mass is 10.1. The molecule has 0 fully saturated rings. The number of carbonyl (C=O) groups excluding carboxylic acids is 2. The van der Waals surface area contributed by atoms with Crippen LogP contribution in [-0.4, -0.2) is 63.2 Å². The number of carbonyl (C=O) groups is 5. The van der Waals surface area contributed by atoms with Crippen molar-refractivity contribution in [2.45, 2.75) is 44.3 Å². The molecule has 2 amide bonds. The summed E-state index contributed by atoms with van der Waals surface area (Å²) < 4.78 is 0. The fraction of sp³-hybridized carbons (Fsp3) is 0.583. The Kier molecular flexibility index (Phi) is 8.26. The molecule has 3 unspecified atom stereocenters. The molecule has 0 aliphatic carbocycles. The van der Waals surface area contributed by atoms with Gasteiger partial charge < -0.3 is 31.7 Å². The highest BCUT2D eigenvalue weighted by Crippen LogP contribution is 2.01. The third kappa shape index (κ3) is 8.36. The second-order valence-corrected chi connectivity index (χ2v) is 4.78. The summed E-state index contributed by atoms with van der Waals surface area (Å²) >= 11 is 0. The zero-order valence-electron chi connectivity index (χ0n) is 12.3. The maximum absolute atomic E-state index is 12.0. The number of rotatable bonds is 10. The fourth-order valence-corrected chi connectivity index (χ4v) is 1.48. The minimum atomic E-state index is -1.53. The summed E-state index contributed by atoms with van der Waals surface area (Å²) in [6, 6.07) is -4.05. The minimum Gasteiger partial charge on any atom is -0.481 e. The number of carboxylic acid groups (broad SMARTS) is 3. The van der Waals surface area contributed by atoms with Crippen LogP contribution in [0.15, 0.2) is 0 Å². The molecule has 11 nitrogen and oxygen atoms in total. The van der Waals surface area contributed by atoms with Crippen molar-refractivity contribution < 1.29 is 39.3 Å². The molecule has 130 valence electrons. The molecule has 0 aromatic carbocycles. The van der Waals surface area contributed by atoms with E-state index in [1.807, 2.05) is 5.32 Å². The van der Waals surface area contributed by atoms with Gasteiger partial charge in [-0.3, -0.25) is 19.2 Å². The average molecular weight is 333 g/mol.